The highest BCUT2D eigenvalue weighted by molar-refractivity contribution is 5.45. The monoisotopic (exact) mass is 391 g/mol. The van der Waals surface area contributed by atoms with E-state index in [2.05, 4.69) is 42.2 Å². The first-order chi connectivity index (χ1) is 14.1. The van der Waals surface area contributed by atoms with Gasteiger partial charge in [-0.15, -0.1) is 0 Å². The third-order valence-electron chi connectivity index (χ3n) is 8.15. The zero-order valence-electron chi connectivity index (χ0n) is 17.8. The van der Waals surface area contributed by atoms with E-state index in [4.69, 9.17) is 4.74 Å². The van der Waals surface area contributed by atoms with Gasteiger partial charge in [0.25, 0.3) is 0 Å². The van der Waals surface area contributed by atoms with E-state index in [1.54, 1.807) is 7.11 Å². The molecule has 1 aliphatic heterocycles. The van der Waals surface area contributed by atoms with E-state index in [1.165, 1.54) is 60.9 Å². The molecule has 154 valence electrons. The number of likely N-dealkylation sites (tertiary alicyclic amines) is 1. The van der Waals surface area contributed by atoms with Gasteiger partial charge < -0.3 is 9.84 Å². The molecule has 3 nitrogen and oxygen atoms in total. The summed E-state index contributed by atoms with van der Waals surface area (Å²) in [5.74, 6) is 2.14. The van der Waals surface area contributed by atoms with Crippen LogP contribution in [0.4, 0.5) is 0 Å². The Kier molecular flexibility index (Phi) is 4.82. The van der Waals surface area contributed by atoms with Gasteiger partial charge >= 0.3 is 0 Å². The molecular formula is C26H33NO2. The maximum absolute atomic E-state index is 10.2. The first-order valence-corrected chi connectivity index (χ1v) is 11.3. The van der Waals surface area contributed by atoms with Gasteiger partial charge in [0, 0.05) is 18.0 Å². The molecule has 2 bridgehead atoms. The topological polar surface area (TPSA) is 32.7 Å². The van der Waals surface area contributed by atoms with Crippen molar-refractivity contribution in [2.24, 2.45) is 5.92 Å². The summed E-state index contributed by atoms with van der Waals surface area (Å²) < 4.78 is 5.37. The molecule has 1 saturated carbocycles. The SMILES string of the molecule is COc1ccc(CCN2CC[C@@]34CCCC[C@H]3[C@H]2Cc2ccc(O)cc24)c(C)c1. The van der Waals surface area contributed by atoms with E-state index in [0.717, 1.165) is 31.1 Å². The number of nitrogens with zero attached hydrogens (tertiary/aromatic N) is 1. The van der Waals surface area contributed by atoms with Gasteiger partial charge in [0.15, 0.2) is 0 Å². The predicted octanol–water partition coefficient (Wildman–Crippen LogP) is 5.01. The average Bonchev–Trinajstić information content (AvgIpc) is 2.74. The van der Waals surface area contributed by atoms with Crippen molar-refractivity contribution in [1.29, 1.82) is 0 Å². The van der Waals surface area contributed by atoms with Crippen LogP contribution >= 0.6 is 0 Å². The van der Waals surface area contributed by atoms with Gasteiger partial charge in [-0.2, -0.15) is 0 Å². The van der Waals surface area contributed by atoms with E-state index < -0.39 is 0 Å². The fourth-order valence-corrected chi connectivity index (χ4v) is 6.69. The number of fused-ring (bicyclic) bond motifs is 1. The second-order valence-corrected chi connectivity index (χ2v) is 9.45. The third kappa shape index (κ3) is 3.15. The summed E-state index contributed by atoms with van der Waals surface area (Å²) in [4.78, 5) is 2.79. The van der Waals surface area contributed by atoms with Gasteiger partial charge in [-0.25, -0.2) is 0 Å². The second kappa shape index (κ2) is 7.36. The zero-order valence-corrected chi connectivity index (χ0v) is 17.8. The zero-order chi connectivity index (χ0) is 20.0. The van der Waals surface area contributed by atoms with Crippen molar-refractivity contribution in [3.8, 4) is 11.5 Å². The molecule has 3 atom stereocenters. The van der Waals surface area contributed by atoms with Gasteiger partial charge in [0.1, 0.15) is 11.5 Å². The standard InChI is InChI=1S/C26H33NO2/c1-18-15-22(29-2)9-7-19(18)10-13-27-14-12-26-11-4-3-5-23(26)25(27)16-20-6-8-21(28)17-24(20)26/h6-9,15,17,23,25,28H,3-5,10-14,16H2,1-2H3/t23-,25+,26-/m0/s1. The van der Waals surface area contributed by atoms with Crippen LogP contribution in [0.5, 0.6) is 11.5 Å². The van der Waals surface area contributed by atoms with Crippen LogP contribution in [0.2, 0.25) is 0 Å². The highest BCUT2D eigenvalue weighted by Crippen LogP contribution is 2.56. The summed E-state index contributed by atoms with van der Waals surface area (Å²) in [5, 5.41) is 10.2. The molecule has 0 radical (unpaired) electrons. The minimum absolute atomic E-state index is 0.307. The molecule has 29 heavy (non-hydrogen) atoms. The van der Waals surface area contributed by atoms with Gasteiger partial charge in [0.05, 0.1) is 7.11 Å². The number of aryl methyl sites for hydroxylation is 1. The number of piperidine rings is 1. The molecule has 0 aromatic heterocycles. The minimum Gasteiger partial charge on any atom is -0.508 e. The molecule has 3 aliphatic rings. The van der Waals surface area contributed by atoms with E-state index in [9.17, 15) is 5.11 Å². The van der Waals surface area contributed by atoms with Gasteiger partial charge in [-0.1, -0.05) is 25.0 Å². The molecular weight excluding hydrogens is 358 g/mol. The largest absolute Gasteiger partial charge is 0.508 e. The summed E-state index contributed by atoms with van der Waals surface area (Å²) >= 11 is 0. The van der Waals surface area contributed by atoms with Crippen LogP contribution in [0.15, 0.2) is 36.4 Å². The van der Waals surface area contributed by atoms with Crippen LogP contribution in [0.3, 0.4) is 0 Å². The molecule has 2 aromatic rings. The fourth-order valence-electron chi connectivity index (χ4n) is 6.69. The first-order valence-electron chi connectivity index (χ1n) is 11.3. The third-order valence-corrected chi connectivity index (χ3v) is 8.15. The highest BCUT2D eigenvalue weighted by Gasteiger charge is 2.53. The van der Waals surface area contributed by atoms with Crippen molar-refractivity contribution >= 4 is 0 Å². The minimum atomic E-state index is 0.307. The fraction of sp³-hybridized carbons (Fsp3) is 0.538. The lowest BCUT2D eigenvalue weighted by molar-refractivity contribution is -0.0107. The summed E-state index contributed by atoms with van der Waals surface area (Å²) in [5.41, 5.74) is 6.03. The highest BCUT2D eigenvalue weighted by atomic mass is 16.5. The normalized spacial score (nSPS) is 28.5. The molecule has 0 amide bonds. The molecule has 2 aromatic carbocycles. The Balaban J connectivity index is 1.40. The van der Waals surface area contributed by atoms with Crippen molar-refractivity contribution in [1.82, 2.24) is 4.90 Å². The Morgan fingerprint density at radius 1 is 1.14 bits per heavy atom. The Hall–Kier alpha value is -2.00. The van der Waals surface area contributed by atoms with Crippen molar-refractivity contribution < 1.29 is 9.84 Å². The smallest absolute Gasteiger partial charge is 0.119 e. The Morgan fingerprint density at radius 3 is 2.86 bits per heavy atom. The van der Waals surface area contributed by atoms with Crippen LogP contribution in [-0.2, 0) is 18.3 Å². The number of aromatic hydroxyl groups is 1. The number of methoxy groups -OCH3 is 1. The summed E-state index contributed by atoms with van der Waals surface area (Å²) in [6.45, 7) is 4.52. The molecule has 2 aliphatic carbocycles. The summed E-state index contributed by atoms with van der Waals surface area (Å²) in [6, 6.07) is 13.3. The van der Waals surface area contributed by atoms with Crippen LogP contribution < -0.4 is 4.74 Å². The number of hydrogen-bond donors (Lipinski definition) is 1. The van der Waals surface area contributed by atoms with Crippen molar-refractivity contribution in [3.63, 3.8) is 0 Å². The molecule has 2 fully saturated rings. The van der Waals surface area contributed by atoms with Crippen LogP contribution in [0, 0.1) is 12.8 Å². The average molecular weight is 392 g/mol. The lowest BCUT2D eigenvalue weighted by Gasteiger charge is -2.59. The van der Waals surface area contributed by atoms with Gasteiger partial charge in [-0.3, -0.25) is 4.90 Å². The lowest BCUT2D eigenvalue weighted by atomic mass is 9.52. The molecule has 5 rings (SSSR count). The van der Waals surface area contributed by atoms with Crippen LogP contribution in [0.25, 0.3) is 0 Å². The molecule has 0 spiro atoms. The quantitative estimate of drug-likeness (QED) is 0.795. The Labute approximate surface area is 174 Å². The van der Waals surface area contributed by atoms with E-state index in [0.29, 0.717) is 17.2 Å². The van der Waals surface area contributed by atoms with E-state index in [1.807, 2.05) is 6.07 Å². The molecule has 1 saturated heterocycles. The van der Waals surface area contributed by atoms with Crippen molar-refractivity contribution in [3.05, 3.63) is 58.7 Å². The molecule has 0 unspecified atom stereocenters. The van der Waals surface area contributed by atoms with Crippen LogP contribution in [-0.4, -0.2) is 36.2 Å². The maximum atomic E-state index is 10.2. The molecule has 3 heteroatoms. The van der Waals surface area contributed by atoms with Crippen molar-refractivity contribution in [2.45, 2.75) is 63.3 Å². The number of benzene rings is 2. The predicted molar refractivity (Wildman–Crippen MR) is 117 cm³/mol. The summed E-state index contributed by atoms with van der Waals surface area (Å²) in [6.07, 6.45) is 8.84. The van der Waals surface area contributed by atoms with Crippen molar-refractivity contribution in [2.75, 3.05) is 20.2 Å². The summed E-state index contributed by atoms with van der Waals surface area (Å²) in [7, 11) is 1.74. The van der Waals surface area contributed by atoms with E-state index >= 15 is 0 Å². The number of phenols is 1. The van der Waals surface area contributed by atoms with E-state index in [-0.39, 0.29) is 0 Å². The second-order valence-electron chi connectivity index (χ2n) is 9.45. The first kappa shape index (κ1) is 19.0. The number of phenolic OH excluding ortho intramolecular Hbond substituents is 1. The Bertz CT molecular complexity index is 908. The number of rotatable bonds is 4. The maximum Gasteiger partial charge on any atom is 0.119 e. The van der Waals surface area contributed by atoms with Crippen LogP contribution in [0.1, 0.15) is 54.4 Å². The lowest BCUT2D eigenvalue weighted by Crippen LogP contribution is -2.61. The van der Waals surface area contributed by atoms with Gasteiger partial charge in [0.2, 0.25) is 0 Å². The number of hydrogen-bond acceptors (Lipinski definition) is 3. The molecule has 1 heterocycles. The van der Waals surface area contributed by atoms with Gasteiger partial charge in [-0.05, 0) is 98.0 Å². The number of ether oxygens (including phenoxy) is 1. The molecule has 1 N–H and O–H groups in total. The Morgan fingerprint density at radius 2 is 2.03 bits per heavy atom.